The topological polar surface area (TPSA) is 9.23 Å². The Morgan fingerprint density at radius 1 is 0.760 bits per heavy atom. The molecule has 0 fully saturated rings. The summed E-state index contributed by atoms with van der Waals surface area (Å²) in [6, 6.07) is 0. The first-order valence-electron chi connectivity index (χ1n) is 10.1. The lowest BCUT2D eigenvalue weighted by atomic mass is 10.1. The second kappa shape index (κ2) is 16.6. The van der Waals surface area contributed by atoms with Crippen LogP contribution in [0.5, 0.6) is 0 Å². The van der Waals surface area contributed by atoms with Gasteiger partial charge in [0, 0.05) is 6.42 Å². The summed E-state index contributed by atoms with van der Waals surface area (Å²) in [5.41, 5.74) is 4.29. The molecule has 25 heavy (non-hydrogen) atoms. The number of hydrogen-bond acceptors (Lipinski definition) is 2. The third-order valence-electron chi connectivity index (χ3n) is 4.28. The molecule has 0 amide bonds. The lowest BCUT2D eigenvalue weighted by Crippen LogP contribution is -2.02. The maximum atomic E-state index is 5.66. The van der Waals surface area contributed by atoms with E-state index in [1.165, 1.54) is 55.2 Å². The van der Waals surface area contributed by atoms with Gasteiger partial charge in [-0.15, -0.1) is 0 Å². The molecule has 0 heterocycles. The van der Waals surface area contributed by atoms with Gasteiger partial charge in [0.05, 0.1) is 0 Å². The normalized spacial score (nSPS) is 12.2. The average molecular weight is 365 g/mol. The van der Waals surface area contributed by atoms with Gasteiger partial charge in [-0.3, -0.25) is 0 Å². The van der Waals surface area contributed by atoms with Crippen LogP contribution in [0.1, 0.15) is 98.8 Å². The van der Waals surface area contributed by atoms with Gasteiger partial charge in [-0.05, 0) is 78.1 Å². The van der Waals surface area contributed by atoms with Crippen LogP contribution in [0, 0.1) is 0 Å². The van der Waals surface area contributed by atoms with Crippen molar-refractivity contribution in [2.24, 2.45) is 0 Å². The Balaban J connectivity index is 3.80. The molecular formula is C23H40OS. The van der Waals surface area contributed by atoms with Crippen molar-refractivity contribution < 1.29 is 4.74 Å². The lowest BCUT2D eigenvalue weighted by molar-refractivity contribution is 0.346. The van der Waals surface area contributed by atoms with Gasteiger partial charge < -0.3 is 4.74 Å². The molecule has 0 N–H and O–H groups in total. The lowest BCUT2D eigenvalue weighted by Gasteiger charge is -2.06. The van der Waals surface area contributed by atoms with Crippen molar-refractivity contribution in [3.05, 3.63) is 34.9 Å². The first-order valence-corrected chi connectivity index (χ1v) is 10.5. The number of rotatable bonds is 14. The maximum Gasteiger partial charge on any atom is 0.160 e. The number of allylic oxidation sites excluding steroid dienone is 5. The third kappa shape index (κ3) is 17.7. The van der Waals surface area contributed by atoms with E-state index in [1.54, 1.807) is 0 Å². The average Bonchev–Trinajstić information content (AvgIpc) is 2.54. The van der Waals surface area contributed by atoms with E-state index in [2.05, 4.69) is 52.8 Å². The van der Waals surface area contributed by atoms with Crippen LogP contribution in [0.4, 0.5) is 0 Å². The van der Waals surface area contributed by atoms with Gasteiger partial charge >= 0.3 is 0 Å². The van der Waals surface area contributed by atoms with Crippen LogP contribution in [-0.2, 0) is 4.74 Å². The van der Waals surface area contributed by atoms with Crippen LogP contribution in [0.25, 0.3) is 0 Å². The van der Waals surface area contributed by atoms with Crippen molar-refractivity contribution in [2.75, 3.05) is 6.61 Å². The zero-order chi connectivity index (χ0) is 18.9. The summed E-state index contributed by atoms with van der Waals surface area (Å²) in [7, 11) is 0. The van der Waals surface area contributed by atoms with Crippen molar-refractivity contribution in [3.8, 4) is 0 Å². The van der Waals surface area contributed by atoms with Crippen LogP contribution in [0.2, 0.25) is 0 Å². The Morgan fingerprint density at radius 2 is 1.36 bits per heavy atom. The minimum Gasteiger partial charge on any atom is -0.483 e. The second-order valence-electron chi connectivity index (χ2n) is 7.31. The van der Waals surface area contributed by atoms with Crippen LogP contribution >= 0.6 is 12.2 Å². The largest absolute Gasteiger partial charge is 0.483 e. The van der Waals surface area contributed by atoms with E-state index in [9.17, 15) is 0 Å². The van der Waals surface area contributed by atoms with E-state index in [1.807, 2.05) is 0 Å². The predicted molar refractivity (Wildman–Crippen MR) is 117 cm³/mol. The standard InChI is InChI=1S/C23H40OS/c1-6-7-8-9-10-17-23(25)24-19-18-22(5)16-12-15-21(4)14-11-13-20(2)3/h13,15,18H,6-12,14,16-17,19H2,1-5H3/b21-15+,22-18+. The van der Waals surface area contributed by atoms with E-state index in [0.717, 1.165) is 30.7 Å². The molecule has 0 saturated carbocycles. The van der Waals surface area contributed by atoms with Crippen molar-refractivity contribution in [1.82, 2.24) is 0 Å². The zero-order valence-electron chi connectivity index (χ0n) is 17.3. The molecule has 0 aliphatic heterocycles. The monoisotopic (exact) mass is 364 g/mol. The Hall–Kier alpha value is -0.890. The third-order valence-corrected chi connectivity index (χ3v) is 4.61. The fourth-order valence-corrected chi connectivity index (χ4v) is 2.77. The molecule has 0 aromatic rings. The van der Waals surface area contributed by atoms with Crippen LogP contribution in [0.15, 0.2) is 34.9 Å². The van der Waals surface area contributed by atoms with Crippen LogP contribution < -0.4 is 0 Å². The highest BCUT2D eigenvalue weighted by Crippen LogP contribution is 2.12. The summed E-state index contributed by atoms with van der Waals surface area (Å²) in [6.45, 7) is 11.6. The summed E-state index contributed by atoms with van der Waals surface area (Å²) >= 11 is 5.30. The molecule has 0 aromatic heterocycles. The van der Waals surface area contributed by atoms with Gasteiger partial charge in [0.15, 0.2) is 5.05 Å². The smallest absolute Gasteiger partial charge is 0.160 e. The van der Waals surface area contributed by atoms with Gasteiger partial charge in [0.2, 0.25) is 0 Å². The fraction of sp³-hybridized carbons (Fsp3) is 0.696. The van der Waals surface area contributed by atoms with Crippen LogP contribution in [-0.4, -0.2) is 11.7 Å². The molecule has 0 bridgehead atoms. The maximum absolute atomic E-state index is 5.66. The quantitative estimate of drug-likeness (QED) is 0.175. The van der Waals surface area contributed by atoms with Gasteiger partial charge in [-0.25, -0.2) is 0 Å². The Kier molecular flexibility index (Phi) is 16.0. The fourth-order valence-electron chi connectivity index (χ4n) is 2.56. The molecule has 1 nitrogen and oxygen atoms in total. The summed E-state index contributed by atoms with van der Waals surface area (Å²) < 4.78 is 5.66. The van der Waals surface area contributed by atoms with Crippen molar-refractivity contribution in [2.45, 2.75) is 98.8 Å². The molecule has 0 saturated heterocycles. The van der Waals surface area contributed by atoms with E-state index in [0.29, 0.717) is 6.61 Å². The summed E-state index contributed by atoms with van der Waals surface area (Å²) in [5, 5.41) is 0.774. The van der Waals surface area contributed by atoms with Crippen LogP contribution in [0.3, 0.4) is 0 Å². The molecule has 0 unspecified atom stereocenters. The van der Waals surface area contributed by atoms with Gasteiger partial charge in [0.25, 0.3) is 0 Å². The molecule has 144 valence electrons. The van der Waals surface area contributed by atoms with E-state index in [4.69, 9.17) is 17.0 Å². The number of ether oxygens (including phenoxy) is 1. The van der Waals surface area contributed by atoms with E-state index >= 15 is 0 Å². The summed E-state index contributed by atoms with van der Waals surface area (Å²) in [5.74, 6) is 0. The predicted octanol–water partition coefficient (Wildman–Crippen LogP) is 8.11. The first-order chi connectivity index (χ1) is 12.0. The summed E-state index contributed by atoms with van der Waals surface area (Å²) in [6.07, 6.45) is 18.7. The molecule has 0 rings (SSSR count). The van der Waals surface area contributed by atoms with E-state index < -0.39 is 0 Å². The molecule has 0 spiro atoms. The molecule has 0 aliphatic rings. The number of hydrogen-bond donors (Lipinski definition) is 0. The van der Waals surface area contributed by atoms with Gasteiger partial charge in [-0.1, -0.05) is 61.5 Å². The highest BCUT2D eigenvalue weighted by atomic mass is 32.1. The summed E-state index contributed by atoms with van der Waals surface area (Å²) in [4.78, 5) is 0. The first kappa shape index (κ1) is 24.1. The Bertz CT molecular complexity index is 439. The molecule has 2 heteroatoms. The van der Waals surface area contributed by atoms with E-state index in [-0.39, 0.29) is 0 Å². The highest BCUT2D eigenvalue weighted by molar-refractivity contribution is 7.80. The van der Waals surface area contributed by atoms with Crippen molar-refractivity contribution in [1.29, 1.82) is 0 Å². The number of thiocarbonyl (C=S) groups is 1. The van der Waals surface area contributed by atoms with Crippen molar-refractivity contribution >= 4 is 17.3 Å². The number of unbranched alkanes of at least 4 members (excludes halogenated alkanes) is 4. The van der Waals surface area contributed by atoms with Crippen molar-refractivity contribution in [3.63, 3.8) is 0 Å². The SMILES string of the molecule is CCCCCCCC(=S)OC/C=C(\C)CC/C=C(\C)CCC=C(C)C. The minimum atomic E-state index is 0.628. The molecule has 0 aromatic carbocycles. The second-order valence-corrected chi connectivity index (χ2v) is 7.76. The molecule has 0 atom stereocenters. The minimum absolute atomic E-state index is 0.628. The molecule has 0 aliphatic carbocycles. The highest BCUT2D eigenvalue weighted by Gasteiger charge is 1.98. The van der Waals surface area contributed by atoms with Gasteiger partial charge in [0.1, 0.15) is 6.61 Å². The Morgan fingerprint density at radius 3 is 2.00 bits per heavy atom. The zero-order valence-corrected chi connectivity index (χ0v) is 18.1. The molecule has 0 radical (unpaired) electrons. The van der Waals surface area contributed by atoms with Gasteiger partial charge in [-0.2, -0.15) is 0 Å². The Labute approximate surface area is 162 Å². The molecular weight excluding hydrogens is 324 g/mol.